The van der Waals surface area contributed by atoms with Crippen molar-refractivity contribution in [2.24, 2.45) is 0 Å². The van der Waals surface area contributed by atoms with Crippen LogP contribution in [0, 0.1) is 0 Å². The molecule has 14 heavy (non-hydrogen) atoms. The molecule has 1 heterocycles. The molecule has 2 rings (SSSR count). The smallest absolute Gasteiger partial charge is 0.138 e. The molecule has 0 radical (unpaired) electrons. The fourth-order valence-electron chi connectivity index (χ4n) is 1.20. The number of rotatable bonds is 2. The molecule has 0 fully saturated rings. The fraction of sp³-hybridized carbons (Fsp3) is 0.111. The van der Waals surface area contributed by atoms with E-state index < -0.39 is 0 Å². The maximum atomic E-state index is 5.89. The van der Waals surface area contributed by atoms with E-state index in [1.54, 1.807) is 17.1 Å². The molecular formula is C9H7Cl2N3. The zero-order valence-electron chi connectivity index (χ0n) is 7.19. The van der Waals surface area contributed by atoms with Crippen molar-refractivity contribution in [3.8, 4) is 5.69 Å². The standard InChI is InChI=1S/C9H7Cl2N3/c10-4-7-1-2-8(11)3-9(7)14-6-12-5-13-14/h1-3,5-6H,4H2. The normalized spacial score (nSPS) is 10.4. The van der Waals surface area contributed by atoms with Crippen LogP contribution in [0.2, 0.25) is 5.02 Å². The highest BCUT2D eigenvalue weighted by molar-refractivity contribution is 6.30. The van der Waals surface area contributed by atoms with E-state index >= 15 is 0 Å². The molecule has 0 spiro atoms. The average molecular weight is 228 g/mol. The zero-order chi connectivity index (χ0) is 9.97. The third kappa shape index (κ3) is 1.74. The molecule has 0 N–H and O–H groups in total. The van der Waals surface area contributed by atoms with Gasteiger partial charge in [0.25, 0.3) is 0 Å². The first-order valence-electron chi connectivity index (χ1n) is 4.00. The second-order valence-electron chi connectivity index (χ2n) is 2.75. The SMILES string of the molecule is ClCc1ccc(Cl)cc1-n1cncn1. The number of hydrogen-bond donors (Lipinski definition) is 0. The predicted molar refractivity (Wildman–Crippen MR) is 55.9 cm³/mol. The number of aromatic nitrogens is 3. The van der Waals surface area contributed by atoms with Gasteiger partial charge in [0.15, 0.2) is 0 Å². The van der Waals surface area contributed by atoms with Crippen molar-refractivity contribution in [1.82, 2.24) is 14.8 Å². The van der Waals surface area contributed by atoms with Gasteiger partial charge in [0, 0.05) is 10.9 Å². The van der Waals surface area contributed by atoms with E-state index in [9.17, 15) is 0 Å². The second-order valence-corrected chi connectivity index (χ2v) is 3.45. The second kappa shape index (κ2) is 3.98. The van der Waals surface area contributed by atoms with Crippen LogP contribution in [0.15, 0.2) is 30.9 Å². The molecule has 0 atom stereocenters. The van der Waals surface area contributed by atoms with E-state index in [0.717, 1.165) is 11.3 Å². The molecule has 2 aromatic rings. The summed E-state index contributed by atoms with van der Waals surface area (Å²) in [7, 11) is 0. The van der Waals surface area contributed by atoms with Crippen LogP contribution in [0.5, 0.6) is 0 Å². The highest BCUT2D eigenvalue weighted by Crippen LogP contribution is 2.20. The Hall–Kier alpha value is -1.06. The van der Waals surface area contributed by atoms with Crippen LogP contribution in [0.4, 0.5) is 0 Å². The number of hydrogen-bond acceptors (Lipinski definition) is 2. The molecule has 0 unspecified atom stereocenters. The average Bonchev–Trinajstić information content (AvgIpc) is 2.70. The van der Waals surface area contributed by atoms with Crippen LogP contribution < -0.4 is 0 Å². The first-order chi connectivity index (χ1) is 6.81. The molecule has 3 nitrogen and oxygen atoms in total. The van der Waals surface area contributed by atoms with E-state index in [-0.39, 0.29) is 0 Å². The summed E-state index contributed by atoms with van der Waals surface area (Å²) in [6.07, 6.45) is 3.08. The molecule has 0 saturated heterocycles. The summed E-state index contributed by atoms with van der Waals surface area (Å²) in [6, 6.07) is 5.50. The Kier molecular flexibility index (Phi) is 2.70. The molecule has 0 aliphatic rings. The summed E-state index contributed by atoms with van der Waals surface area (Å²) < 4.78 is 1.64. The van der Waals surface area contributed by atoms with Crippen molar-refractivity contribution in [2.45, 2.75) is 5.88 Å². The van der Waals surface area contributed by atoms with Crippen LogP contribution >= 0.6 is 23.2 Å². The largest absolute Gasteiger partial charge is 0.223 e. The highest BCUT2D eigenvalue weighted by Gasteiger charge is 2.04. The summed E-state index contributed by atoms with van der Waals surface area (Å²) >= 11 is 11.7. The fourth-order valence-corrected chi connectivity index (χ4v) is 1.59. The Labute approximate surface area is 91.3 Å². The molecule has 0 aliphatic carbocycles. The minimum atomic E-state index is 0.423. The van der Waals surface area contributed by atoms with Gasteiger partial charge in [0.2, 0.25) is 0 Å². The number of halogens is 2. The number of alkyl halides is 1. The minimum Gasteiger partial charge on any atom is -0.223 e. The van der Waals surface area contributed by atoms with Crippen molar-refractivity contribution in [3.63, 3.8) is 0 Å². The van der Waals surface area contributed by atoms with Gasteiger partial charge in [-0.3, -0.25) is 0 Å². The van der Waals surface area contributed by atoms with Gasteiger partial charge >= 0.3 is 0 Å². The summed E-state index contributed by atoms with van der Waals surface area (Å²) in [6.45, 7) is 0. The topological polar surface area (TPSA) is 30.7 Å². The summed E-state index contributed by atoms with van der Waals surface area (Å²) in [5.41, 5.74) is 1.84. The Morgan fingerprint density at radius 3 is 2.86 bits per heavy atom. The molecule has 5 heteroatoms. The van der Waals surface area contributed by atoms with Gasteiger partial charge in [0.05, 0.1) is 5.69 Å². The maximum Gasteiger partial charge on any atom is 0.138 e. The lowest BCUT2D eigenvalue weighted by molar-refractivity contribution is 0.869. The van der Waals surface area contributed by atoms with Crippen molar-refractivity contribution in [1.29, 1.82) is 0 Å². The van der Waals surface area contributed by atoms with Crippen molar-refractivity contribution < 1.29 is 0 Å². The molecule has 72 valence electrons. The quantitative estimate of drug-likeness (QED) is 0.739. The summed E-state index contributed by atoms with van der Waals surface area (Å²) in [5, 5.41) is 4.68. The predicted octanol–water partition coefficient (Wildman–Crippen LogP) is 2.66. The van der Waals surface area contributed by atoms with Gasteiger partial charge in [-0.2, -0.15) is 5.10 Å². The van der Waals surface area contributed by atoms with Gasteiger partial charge in [-0.15, -0.1) is 11.6 Å². The maximum absolute atomic E-state index is 5.89. The Balaban J connectivity index is 2.55. The van der Waals surface area contributed by atoms with Crippen LogP contribution in [-0.4, -0.2) is 14.8 Å². The first-order valence-corrected chi connectivity index (χ1v) is 4.92. The van der Waals surface area contributed by atoms with Gasteiger partial charge in [-0.05, 0) is 17.7 Å². The highest BCUT2D eigenvalue weighted by atomic mass is 35.5. The molecule has 1 aromatic heterocycles. The monoisotopic (exact) mass is 227 g/mol. The molecule has 1 aromatic carbocycles. The third-order valence-corrected chi connectivity index (χ3v) is 2.38. The van der Waals surface area contributed by atoms with E-state index in [0.29, 0.717) is 10.9 Å². The van der Waals surface area contributed by atoms with E-state index in [1.165, 1.54) is 6.33 Å². The first kappa shape index (κ1) is 9.49. The Morgan fingerprint density at radius 2 is 2.21 bits per heavy atom. The van der Waals surface area contributed by atoms with Crippen molar-refractivity contribution in [2.75, 3.05) is 0 Å². The third-order valence-electron chi connectivity index (χ3n) is 1.86. The Bertz CT molecular complexity index is 426. The van der Waals surface area contributed by atoms with Crippen LogP contribution in [-0.2, 0) is 5.88 Å². The van der Waals surface area contributed by atoms with Crippen LogP contribution in [0.3, 0.4) is 0 Å². The lowest BCUT2D eigenvalue weighted by Gasteiger charge is -2.06. The Morgan fingerprint density at radius 1 is 1.36 bits per heavy atom. The van der Waals surface area contributed by atoms with E-state index in [1.807, 2.05) is 12.1 Å². The number of nitrogens with zero attached hydrogens (tertiary/aromatic N) is 3. The van der Waals surface area contributed by atoms with Crippen molar-refractivity contribution in [3.05, 3.63) is 41.4 Å². The van der Waals surface area contributed by atoms with Gasteiger partial charge in [-0.25, -0.2) is 9.67 Å². The van der Waals surface area contributed by atoms with Crippen molar-refractivity contribution >= 4 is 23.2 Å². The lowest BCUT2D eigenvalue weighted by atomic mass is 10.2. The molecular weight excluding hydrogens is 221 g/mol. The summed E-state index contributed by atoms with van der Waals surface area (Å²) in [4.78, 5) is 3.87. The molecule has 0 bridgehead atoms. The van der Waals surface area contributed by atoms with Gasteiger partial charge < -0.3 is 0 Å². The van der Waals surface area contributed by atoms with E-state index in [2.05, 4.69) is 10.1 Å². The number of benzene rings is 1. The molecule has 0 saturated carbocycles. The van der Waals surface area contributed by atoms with E-state index in [4.69, 9.17) is 23.2 Å². The van der Waals surface area contributed by atoms with Gasteiger partial charge in [-0.1, -0.05) is 17.7 Å². The lowest BCUT2D eigenvalue weighted by Crippen LogP contribution is -1.98. The molecule has 0 aliphatic heterocycles. The summed E-state index contributed by atoms with van der Waals surface area (Å²) in [5.74, 6) is 0.423. The van der Waals surface area contributed by atoms with Gasteiger partial charge in [0.1, 0.15) is 12.7 Å². The zero-order valence-corrected chi connectivity index (χ0v) is 8.70. The van der Waals surface area contributed by atoms with Crippen LogP contribution in [0.1, 0.15) is 5.56 Å². The minimum absolute atomic E-state index is 0.423. The van der Waals surface area contributed by atoms with Crippen LogP contribution in [0.25, 0.3) is 5.69 Å². The molecule has 0 amide bonds.